The van der Waals surface area contributed by atoms with E-state index in [0.29, 0.717) is 12.2 Å². The summed E-state index contributed by atoms with van der Waals surface area (Å²) >= 11 is 0. The van der Waals surface area contributed by atoms with Crippen molar-refractivity contribution in [2.45, 2.75) is 104 Å². The molecule has 0 fully saturated rings. The molecule has 45 heavy (non-hydrogen) atoms. The van der Waals surface area contributed by atoms with Crippen LogP contribution >= 0.6 is 0 Å². The van der Waals surface area contributed by atoms with Crippen molar-refractivity contribution in [1.29, 1.82) is 0 Å². The first kappa shape index (κ1) is 35.4. The molecule has 0 aromatic heterocycles. The summed E-state index contributed by atoms with van der Waals surface area (Å²) in [5, 5.41) is 5.96. The second-order valence-electron chi connectivity index (χ2n) is 12.8. The largest absolute Gasteiger partial charge is 0.444 e. The second kappa shape index (κ2) is 17.4. The van der Waals surface area contributed by atoms with E-state index < -0.39 is 23.8 Å². The van der Waals surface area contributed by atoms with Crippen molar-refractivity contribution in [1.82, 2.24) is 10.2 Å². The monoisotopic (exact) mass is 613 g/mol. The van der Waals surface area contributed by atoms with Crippen molar-refractivity contribution < 1.29 is 19.1 Å². The molecule has 0 bridgehead atoms. The molecular weight excluding hydrogens is 562 g/mol. The Balaban J connectivity index is 2.05. The van der Waals surface area contributed by atoms with E-state index in [1.54, 1.807) is 25.7 Å². The third-order valence-corrected chi connectivity index (χ3v) is 7.75. The molecule has 0 spiro atoms. The summed E-state index contributed by atoms with van der Waals surface area (Å²) in [6.07, 6.45) is 5.77. The molecule has 0 aliphatic carbocycles. The third-order valence-electron chi connectivity index (χ3n) is 7.75. The van der Waals surface area contributed by atoms with E-state index in [9.17, 15) is 14.4 Å². The lowest BCUT2D eigenvalue weighted by Crippen LogP contribution is -2.53. The first-order valence-electron chi connectivity index (χ1n) is 16.3. The van der Waals surface area contributed by atoms with E-state index in [4.69, 9.17) is 4.74 Å². The first-order chi connectivity index (χ1) is 21.5. The van der Waals surface area contributed by atoms with Crippen molar-refractivity contribution in [3.05, 3.63) is 101 Å². The van der Waals surface area contributed by atoms with Gasteiger partial charge >= 0.3 is 6.09 Å². The number of para-hydroxylation sites is 1. The SMILES string of the molecule is CCCCCCCCN(C(=O)C(Cc1ccccc1)NC(=O)OC(C)(C)C)C(C(=O)Nc1ccccc1C)c1ccccc1C. The zero-order valence-electron chi connectivity index (χ0n) is 27.9. The van der Waals surface area contributed by atoms with Gasteiger partial charge in [0.25, 0.3) is 5.91 Å². The van der Waals surface area contributed by atoms with E-state index in [-0.39, 0.29) is 18.2 Å². The van der Waals surface area contributed by atoms with Crippen molar-refractivity contribution in [3.63, 3.8) is 0 Å². The van der Waals surface area contributed by atoms with Gasteiger partial charge in [-0.1, -0.05) is 112 Å². The zero-order valence-corrected chi connectivity index (χ0v) is 27.9. The Labute approximate surface area is 269 Å². The molecule has 0 radical (unpaired) electrons. The van der Waals surface area contributed by atoms with Crippen molar-refractivity contribution >= 4 is 23.6 Å². The van der Waals surface area contributed by atoms with Crippen LogP contribution in [0.4, 0.5) is 10.5 Å². The smallest absolute Gasteiger partial charge is 0.408 e. The molecule has 7 heteroatoms. The standard InChI is InChI=1S/C38H51N3O4/c1-7-8-9-10-11-19-26-41(36(43)33(27-30-22-13-12-14-23-30)40-37(44)45-38(4,5)6)34(31-24-17-15-20-28(31)2)35(42)39-32-25-18-16-21-29(32)3/h12-18,20-25,33-34H,7-11,19,26-27H2,1-6H3,(H,39,42)(H,40,44). The van der Waals surface area contributed by atoms with Gasteiger partial charge in [-0.05, 0) is 69.4 Å². The highest BCUT2D eigenvalue weighted by Crippen LogP contribution is 2.29. The Hall–Kier alpha value is -4.13. The van der Waals surface area contributed by atoms with Crippen LogP contribution in [0.3, 0.4) is 0 Å². The van der Waals surface area contributed by atoms with Gasteiger partial charge in [0.15, 0.2) is 0 Å². The number of hydrogen-bond donors (Lipinski definition) is 2. The highest BCUT2D eigenvalue weighted by atomic mass is 16.6. The number of benzene rings is 3. The summed E-state index contributed by atoms with van der Waals surface area (Å²) in [7, 11) is 0. The second-order valence-corrected chi connectivity index (χ2v) is 12.8. The summed E-state index contributed by atoms with van der Waals surface area (Å²) in [6.45, 7) is 11.8. The van der Waals surface area contributed by atoms with Gasteiger partial charge in [0, 0.05) is 18.7 Å². The molecule has 3 rings (SSSR count). The lowest BCUT2D eigenvalue weighted by Gasteiger charge is -2.35. The number of rotatable bonds is 15. The number of carbonyl (C=O) groups is 3. The first-order valence-corrected chi connectivity index (χ1v) is 16.3. The maximum atomic E-state index is 14.7. The van der Waals surface area contributed by atoms with Gasteiger partial charge in [-0.15, -0.1) is 0 Å². The summed E-state index contributed by atoms with van der Waals surface area (Å²) in [5.41, 5.74) is 3.43. The molecule has 3 aromatic rings. The van der Waals surface area contributed by atoms with Gasteiger partial charge in [0.1, 0.15) is 17.7 Å². The lowest BCUT2D eigenvalue weighted by atomic mass is 9.96. The van der Waals surface area contributed by atoms with Crippen LogP contribution in [-0.4, -0.2) is 41.0 Å². The van der Waals surface area contributed by atoms with Gasteiger partial charge in [0.2, 0.25) is 5.91 Å². The number of hydrogen-bond acceptors (Lipinski definition) is 4. The Kier molecular flexibility index (Phi) is 13.7. The van der Waals surface area contributed by atoms with Crippen molar-refractivity contribution in [2.24, 2.45) is 0 Å². The number of nitrogens with one attached hydrogen (secondary N) is 2. The summed E-state index contributed by atoms with van der Waals surface area (Å²) in [6, 6.07) is 23.0. The molecule has 3 aromatic carbocycles. The van der Waals surface area contributed by atoms with Gasteiger partial charge in [-0.3, -0.25) is 9.59 Å². The molecule has 0 aliphatic heterocycles. The summed E-state index contributed by atoms with van der Waals surface area (Å²) in [5.74, 6) is -0.625. The maximum absolute atomic E-state index is 14.7. The van der Waals surface area contributed by atoms with Crippen LogP contribution in [0.5, 0.6) is 0 Å². The molecule has 2 unspecified atom stereocenters. The molecular formula is C38H51N3O4. The highest BCUT2D eigenvalue weighted by molar-refractivity contribution is 5.99. The fourth-order valence-corrected chi connectivity index (χ4v) is 5.39. The zero-order chi connectivity index (χ0) is 32.8. The molecule has 0 saturated heterocycles. The minimum absolute atomic E-state index is 0.256. The minimum Gasteiger partial charge on any atom is -0.444 e. The average Bonchev–Trinajstić information content (AvgIpc) is 2.99. The molecule has 7 nitrogen and oxygen atoms in total. The minimum atomic E-state index is -0.944. The third kappa shape index (κ3) is 11.4. The summed E-state index contributed by atoms with van der Waals surface area (Å²) < 4.78 is 5.58. The quantitative estimate of drug-likeness (QED) is 0.169. The number of aryl methyl sites for hydroxylation is 2. The molecule has 0 saturated carbocycles. The number of alkyl carbamates (subject to hydrolysis) is 1. The number of amides is 3. The predicted molar refractivity (Wildman–Crippen MR) is 182 cm³/mol. The Bertz CT molecular complexity index is 1380. The van der Waals surface area contributed by atoms with Gasteiger partial charge in [-0.2, -0.15) is 0 Å². The van der Waals surface area contributed by atoms with Crippen LogP contribution in [0.15, 0.2) is 78.9 Å². The maximum Gasteiger partial charge on any atom is 0.408 e. The van der Waals surface area contributed by atoms with Crippen LogP contribution in [0.25, 0.3) is 0 Å². The molecule has 3 amide bonds. The highest BCUT2D eigenvalue weighted by Gasteiger charge is 2.37. The van der Waals surface area contributed by atoms with Gasteiger partial charge in [-0.25, -0.2) is 4.79 Å². The summed E-state index contributed by atoms with van der Waals surface area (Å²) in [4.78, 5) is 43.8. The Morgan fingerprint density at radius 2 is 1.38 bits per heavy atom. The van der Waals surface area contributed by atoms with E-state index in [1.165, 1.54) is 6.42 Å². The number of anilines is 1. The Morgan fingerprint density at radius 1 is 0.778 bits per heavy atom. The van der Waals surface area contributed by atoms with Gasteiger partial charge in [0.05, 0.1) is 0 Å². The molecule has 0 aliphatic rings. The number of carbonyl (C=O) groups excluding carboxylic acids is 3. The normalized spacial score (nSPS) is 12.6. The van der Waals surface area contributed by atoms with E-state index >= 15 is 0 Å². The fraction of sp³-hybridized carbons (Fsp3) is 0.447. The van der Waals surface area contributed by atoms with E-state index in [0.717, 1.165) is 54.4 Å². The number of ether oxygens (including phenoxy) is 1. The molecule has 0 heterocycles. The van der Waals surface area contributed by atoms with Crippen LogP contribution in [0.2, 0.25) is 0 Å². The van der Waals surface area contributed by atoms with Crippen molar-refractivity contribution in [2.75, 3.05) is 11.9 Å². The number of nitrogens with zero attached hydrogens (tertiary/aromatic N) is 1. The van der Waals surface area contributed by atoms with Crippen LogP contribution in [0.1, 0.15) is 94.5 Å². The van der Waals surface area contributed by atoms with Gasteiger partial charge < -0.3 is 20.3 Å². The predicted octanol–water partition coefficient (Wildman–Crippen LogP) is 8.31. The van der Waals surface area contributed by atoms with Crippen LogP contribution in [0, 0.1) is 13.8 Å². The topological polar surface area (TPSA) is 87.7 Å². The Morgan fingerprint density at radius 3 is 2.02 bits per heavy atom. The average molecular weight is 614 g/mol. The fourth-order valence-electron chi connectivity index (χ4n) is 5.39. The van der Waals surface area contributed by atoms with E-state index in [1.807, 2.05) is 92.7 Å². The lowest BCUT2D eigenvalue weighted by molar-refractivity contribution is -0.140. The molecule has 2 N–H and O–H groups in total. The van der Waals surface area contributed by atoms with Crippen LogP contribution in [-0.2, 0) is 20.7 Å². The van der Waals surface area contributed by atoms with E-state index in [2.05, 4.69) is 17.6 Å². The van der Waals surface area contributed by atoms with Crippen LogP contribution < -0.4 is 10.6 Å². The van der Waals surface area contributed by atoms with Crippen molar-refractivity contribution in [3.8, 4) is 0 Å². The molecule has 242 valence electrons. The number of unbranched alkanes of at least 4 members (excludes halogenated alkanes) is 5. The molecule has 2 atom stereocenters.